The SMILES string of the molecule is CCN(CC)C(=O)CC(=O)NS(=O)(=O)c1ccc(CC(C)C)cc1. The minimum atomic E-state index is -3.96. The average Bonchev–Trinajstić information content (AvgIpc) is 2.47. The second kappa shape index (κ2) is 8.82. The lowest BCUT2D eigenvalue weighted by Crippen LogP contribution is -2.37. The van der Waals surface area contributed by atoms with E-state index in [0.717, 1.165) is 12.0 Å². The Morgan fingerprint density at radius 2 is 1.62 bits per heavy atom. The molecule has 24 heavy (non-hydrogen) atoms. The first kappa shape index (κ1) is 20.2. The smallest absolute Gasteiger partial charge is 0.264 e. The zero-order valence-electron chi connectivity index (χ0n) is 14.7. The molecule has 134 valence electrons. The van der Waals surface area contributed by atoms with Crippen LogP contribution in [-0.4, -0.2) is 38.2 Å². The molecule has 2 amide bonds. The van der Waals surface area contributed by atoms with Crippen LogP contribution in [-0.2, 0) is 26.0 Å². The van der Waals surface area contributed by atoms with Gasteiger partial charge >= 0.3 is 0 Å². The summed E-state index contributed by atoms with van der Waals surface area (Å²) in [6, 6.07) is 6.42. The number of carbonyl (C=O) groups excluding carboxylic acids is 2. The molecule has 0 aliphatic rings. The molecule has 0 aliphatic heterocycles. The second-order valence-electron chi connectivity index (χ2n) is 6.01. The molecule has 0 saturated heterocycles. The molecule has 0 aliphatic carbocycles. The zero-order valence-corrected chi connectivity index (χ0v) is 15.5. The number of carbonyl (C=O) groups is 2. The lowest BCUT2D eigenvalue weighted by Gasteiger charge is -2.18. The van der Waals surface area contributed by atoms with E-state index in [2.05, 4.69) is 13.8 Å². The summed E-state index contributed by atoms with van der Waals surface area (Å²) in [5.74, 6) is -0.739. The van der Waals surface area contributed by atoms with Crippen LogP contribution >= 0.6 is 0 Å². The zero-order chi connectivity index (χ0) is 18.3. The Bertz CT molecular complexity index is 662. The molecule has 0 radical (unpaired) electrons. The maximum atomic E-state index is 12.2. The van der Waals surface area contributed by atoms with E-state index in [1.807, 2.05) is 4.72 Å². The van der Waals surface area contributed by atoms with Gasteiger partial charge in [0.25, 0.3) is 10.0 Å². The fourth-order valence-corrected chi connectivity index (χ4v) is 3.33. The van der Waals surface area contributed by atoms with Gasteiger partial charge in [0.1, 0.15) is 6.42 Å². The molecule has 1 aromatic carbocycles. The molecule has 1 rings (SSSR count). The maximum Gasteiger partial charge on any atom is 0.264 e. The molecular formula is C17H26N2O4S. The third-order valence-corrected chi connectivity index (χ3v) is 4.94. The van der Waals surface area contributed by atoms with Crippen molar-refractivity contribution in [1.82, 2.24) is 9.62 Å². The minimum Gasteiger partial charge on any atom is -0.343 e. The van der Waals surface area contributed by atoms with Crippen LogP contribution in [0.25, 0.3) is 0 Å². The molecule has 0 unspecified atom stereocenters. The first-order valence-electron chi connectivity index (χ1n) is 8.12. The summed E-state index contributed by atoms with van der Waals surface area (Å²) >= 11 is 0. The standard InChI is InChI=1S/C17H26N2O4S/c1-5-19(6-2)17(21)12-16(20)18-24(22,23)15-9-7-14(8-10-15)11-13(3)4/h7-10,13H,5-6,11-12H2,1-4H3,(H,18,20). The molecule has 1 N–H and O–H groups in total. The van der Waals surface area contributed by atoms with E-state index in [9.17, 15) is 18.0 Å². The van der Waals surface area contributed by atoms with Crippen molar-refractivity contribution < 1.29 is 18.0 Å². The summed E-state index contributed by atoms with van der Waals surface area (Å²) in [6.07, 6.45) is 0.372. The van der Waals surface area contributed by atoms with Crippen molar-refractivity contribution in [3.63, 3.8) is 0 Å². The predicted octanol–water partition coefficient (Wildman–Crippen LogP) is 1.95. The Kier molecular flexibility index (Phi) is 7.41. The van der Waals surface area contributed by atoms with Crippen LogP contribution in [0.2, 0.25) is 0 Å². The maximum absolute atomic E-state index is 12.2. The Morgan fingerprint density at radius 1 is 1.08 bits per heavy atom. The number of sulfonamides is 1. The third-order valence-electron chi connectivity index (χ3n) is 3.55. The molecule has 0 fully saturated rings. The summed E-state index contributed by atoms with van der Waals surface area (Å²) in [5, 5.41) is 0. The Balaban J connectivity index is 2.75. The van der Waals surface area contributed by atoms with Crippen LogP contribution in [0.15, 0.2) is 29.2 Å². The lowest BCUT2D eigenvalue weighted by molar-refractivity contribution is -0.135. The highest BCUT2D eigenvalue weighted by molar-refractivity contribution is 7.90. The molecule has 0 bridgehead atoms. The van der Waals surface area contributed by atoms with E-state index < -0.39 is 22.4 Å². The topological polar surface area (TPSA) is 83.6 Å². The molecule has 0 heterocycles. The van der Waals surface area contributed by atoms with Gasteiger partial charge < -0.3 is 4.90 Å². The van der Waals surface area contributed by atoms with E-state index in [1.165, 1.54) is 17.0 Å². The van der Waals surface area contributed by atoms with Gasteiger partial charge in [-0.2, -0.15) is 0 Å². The summed E-state index contributed by atoms with van der Waals surface area (Å²) in [6.45, 7) is 8.72. The van der Waals surface area contributed by atoms with Gasteiger partial charge in [-0.25, -0.2) is 13.1 Å². The van der Waals surface area contributed by atoms with Crippen molar-refractivity contribution in [2.45, 2.75) is 45.4 Å². The molecule has 0 saturated carbocycles. The Labute approximate surface area is 144 Å². The second-order valence-corrected chi connectivity index (χ2v) is 7.70. The highest BCUT2D eigenvalue weighted by atomic mass is 32.2. The van der Waals surface area contributed by atoms with Crippen LogP contribution in [0.4, 0.5) is 0 Å². The van der Waals surface area contributed by atoms with E-state index in [4.69, 9.17) is 0 Å². The summed E-state index contributed by atoms with van der Waals surface area (Å²) in [7, 11) is -3.96. The number of amides is 2. The first-order valence-corrected chi connectivity index (χ1v) is 9.60. The fourth-order valence-electron chi connectivity index (χ4n) is 2.35. The fraction of sp³-hybridized carbons (Fsp3) is 0.529. The average molecular weight is 354 g/mol. The van der Waals surface area contributed by atoms with Gasteiger partial charge in [0.15, 0.2) is 0 Å². The van der Waals surface area contributed by atoms with Crippen molar-refractivity contribution in [2.75, 3.05) is 13.1 Å². The number of hydrogen-bond donors (Lipinski definition) is 1. The number of rotatable bonds is 8. The van der Waals surface area contributed by atoms with E-state index in [-0.39, 0.29) is 10.8 Å². The molecular weight excluding hydrogens is 328 g/mol. The minimum absolute atomic E-state index is 0.0126. The quantitative estimate of drug-likeness (QED) is 0.723. The summed E-state index contributed by atoms with van der Waals surface area (Å²) in [5.41, 5.74) is 1.03. The number of nitrogens with zero attached hydrogens (tertiary/aromatic N) is 1. The number of hydrogen-bond acceptors (Lipinski definition) is 4. The monoisotopic (exact) mass is 354 g/mol. The summed E-state index contributed by atoms with van der Waals surface area (Å²) in [4.78, 5) is 25.2. The van der Waals surface area contributed by atoms with Crippen molar-refractivity contribution in [3.8, 4) is 0 Å². The van der Waals surface area contributed by atoms with Gasteiger partial charge in [-0.1, -0.05) is 26.0 Å². The highest BCUT2D eigenvalue weighted by Gasteiger charge is 2.21. The van der Waals surface area contributed by atoms with Crippen LogP contribution in [0, 0.1) is 5.92 Å². The van der Waals surface area contributed by atoms with Gasteiger partial charge in [0.05, 0.1) is 4.90 Å². The number of nitrogens with one attached hydrogen (secondary N) is 1. The van der Waals surface area contributed by atoms with Crippen molar-refractivity contribution in [2.24, 2.45) is 5.92 Å². The van der Waals surface area contributed by atoms with Gasteiger partial charge in [0.2, 0.25) is 11.8 Å². The van der Waals surface area contributed by atoms with Crippen molar-refractivity contribution in [3.05, 3.63) is 29.8 Å². The third kappa shape index (κ3) is 5.96. The van der Waals surface area contributed by atoms with E-state index in [0.29, 0.717) is 19.0 Å². The van der Waals surface area contributed by atoms with Crippen LogP contribution < -0.4 is 4.72 Å². The number of benzene rings is 1. The summed E-state index contributed by atoms with van der Waals surface area (Å²) < 4.78 is 26.4. The Morgan fingerprint density at radius 3 is 2.08 bits per heavy atom. The van der Waals surface area contributed by atoms with Crippen LogP contribution in [0.5, 0.6) is 0 Å². The molecule has 0 atom stereocenters. The van der Waals surface area contributed by atoms with Crippen LogP contribution in [0.1, 0.15) is 39.7 Å². The normalized spacial score (nSPS) is 11.4. The van der Waals surface area contributed by atoms with Crippen molar-refractivity contribution >= 4 is 21.8 Å². The lowest BCUT2D eigenvalue weighted by atomic mass is 10.0. The van der Waals surface area contributed by atoms with Gasteiger partial charge in [0, 0.05) is 13.1 Å². The molecule has 7 heteroatoms. The van der Waals surface area contributed by atoms with Crippen LogP contribution in [0.3, 0.4) is 0 Å². The Hall–Kier alpha value is -1.89. The molecule has 1 aromatic rings. The highest BCUT2D eigenvalue weighted by Crippen LogP contribution is 2.13. The van der Waals surface area contributed by atoms with E-state index in [1.54, 1.807) is 26.0 Å². The van der Waals surface area contributed by atoms with Gasteiger partial charge in [-0.3, -0.25) is 9.59 Å². The molecule has 6 nitrogen and oxygen atoms in total. The van der Waals surface area contributed by atoms with Gasteiger partial charge in [-0.15, -0.1) is 0 Å². The van der Waals surface area contributed by atoms with Crippen molar-refractivity contribution in [1.29, 1.82) is 0 Å². The van der Waals surface area contributed by atoms with E-state index >= 15 is 0 Å². The largest absolute Gasteiger partial charge is 0.343 e. The van der Waals surface area contributed by atoms with Gasteiger partial charge in [-0.05, 0) is 43.9 Å². The molecule has 0 aromatic heterocycles. The predicted molar refractivity (Wildman–Crippen MR) is 92.9 cm³/mol. The molecule has 0 spiro atoms. The first-order chi connectivity index (χ1) is 11.2.